The fourth-order valence-electron chi connectivity index (χ4n) is 2.08. The number of hydrogen-bond acceptors (Lipinski definition) is 4. The minimum Gasteiger partial charge on any atom is -0.329 e. The molecule has 1 fully saturated rings. The molecule has 0 aromatic carbocycles. The van der Waals surface area contributed by atoms with Crippen molar-refractivity contribution >= 4 is 11.8 Å². The molecule has 1 aliphatic carbocycles. The zero-order chi connectivity index (χ0) is 13.4. The Morgan fingerprint density at radius 1 is 1.42 bits per heavy atom. The van der Waals surface area contributed by atoms with E-state index in [4.69, 9.17) is 0 Å². The predicted octanol–water partition coefficient (Wildman–Crippen LogP) is 1.87. The second-order valence-electron chi connectivity index (χ2n) is 5.07. The van der Waals surface area contributed by atoms with Crippen LogP contribution < -0.4 is 5.32 Å². The lowest BCUT2D eigenvalue weighted by Crippen LogP contribution is -2.16. The van der Waals surface area contributed by atoms with Crippen LogP contribution in [0.3, 0.4) is 0 Å². The van der Waals surface area contributed by atoms with Gasteiger partial charge in [0.2, 0.25) is 0 Å². The van der Waals surface area contributed by atoms with Crippen LogP contribution in [0, 0.1) is 6.92 Å². The minimum atomic E-state index is 0.714. The maximum Gasteiger partial charge on any atom is 0.174 e. The summed E-state index contributed by atoms with van der Waals surface area (Å²) in [5.74, 6) is 0. The molecular weight excluding hydrogens is 258 g/mol. The first-order chi connectivity index (χ1) is 9.15. The van der Waals surface area contributed by atoms with Gasteiger partial charge < -0.3 is 9.88 Å². The molecule has 2 aromatic heterocycles. The van der Waals surface area contributed by atoms with Crippen molar-refractivity contribution < 1.29 is 0 Å². The van der Waals surface area contributed by atoms with Gasteiger partial charge in [0.1, 0.15) is 5.03 Å². The third kappa shape index (κ3) is 2.69. The molecule has 5 nitrogen and oxygen atoms in total. The van der Waals surface area contributed by atoms with Crippen LogP contribution in [0.4, 0.5) is 0 Å². The fraction of sp³-hybridized carbons (Fsp3) is 0.538. The van der Waals surface area contributed by atoms with Gasteiger partial charge in [0, 0.05) is 44.6 Å². The molecule has 0 bridgehead atoms. The van der Waals surface area contributed by atoms with Gasteiger partial charge >= 0.3 is 0 Å². The van der Waals surface area contributed by atoms with Crippen LogP contribution in [-0.2, 0) is 20.6 Å². The third-order valence-corrected chi connectivity index (χ3v) is 4.68. The minimum absolute atomic E-state index is 0.714. The maximum atomic E-state index is 4.54. The summed E-state index contributed by atoms with van der Waals surface area (Å²) in [5, 5.41) is 10.3. The molecule has 0 amide bonds. The van der Waals surface area contributed by atoms with E-state index in [-0.39, 0.29) is 0 Å². The Kier molecular flexibility index (Phi) is 3.36. The monoisotopic (exact) mass is 277 g/mol. The van der Waals surface area contributed by atoms with Crippen molar-refractivity contribution in [2.24, 2.45) is 14.1 Å². The van der Waals surface area contributed by atoms with Crippen molar-refractivity contribution in [1.29, 1.82) is 0 Å². The van der Waals surface area contributed by atoms with Crippen molar-refractivity contribution in [2.75, 3.05) is 0 Å². The molecule has 0 spiro atoms. The molecule has 1 aliphatic rings. The average molecular weight is 277 g/mol. The molecule has 102 valence electrons. The quantitative estimate of drug-likeness (QED) is 0.906. The highest BCUT2D eigenvalue weighted by Crippen LogP contribution is 2.31. The van der Waals surface area contributed by atoms with Crippen molar-refractivity contribution in [3.05, 3.63) is 23.7 Å². The highest BCUT2D eigenvalue weighted by atomic mass is 32.2. The zero-order valence-electron chi connectivity index (χ0n) is 11.6. The molecule has 19 heavy (non-hydrogen) atoms. The summed E-state index contributed by atoms with van der Waals surface area (Å²) in [5.41, 5.74) is 2.40. The lowest BCUT2D eigenvalue weighted by molar-refractivity contribution is 0.656. The first kappa shape index (κ1) is 12.7. The predicted molar refractivity (Wildman–Crippen MR) is 75.1 cm³/mol. The van der Waals surface area contributed by atoms with Gasteiger partial charge in [0.05, 0.1) is 5.69 Å². The van der Waals surface area contributed by atoms with Crippen LogP contribution in [0.2, 0.25) is 0 Å². The molecule has 0 saturated heterocycles. The topological polar surface area (TPSA) is 47.7 Å². The number of rotatable bonds is 5. The Bertz CT molecular complexity index is 582. The first-order valence-corrected chi connectivity index (χ1v) is 7.38. The number of imidazole rings is 1. The SMILES string of the molecule is Cc1nn(C)c(Sc2nccn2C)c1CNC1CC1. The lowest BCUT2D eigenvalue weighted by atomic mass is 10.2. The van der Waals surface area contributed by atoms with E-state index in [9.17, 15) is 0 Å². The van der Waals surface area contributed by atoms with Crippen molar-refractivity contribution in [2.45, 2.75) is 42.5 Å². The zero-order valence-corrected chi connectivity index (χ0v) is 12.4. The van der Waals surface area contributed by atoms with E-state index >= 15 is 0 Å². The highest BCUT2D eigenvalue weighted by Gasteiger charge is 2.23. The third-order valence-electron chi connectivity index (χ3n) is 3.40. The highest BCUT2D eigenvalue weighted by molar-refractivity contribution is 7.99. The lowest BCUT2D eigenvalue weighted by Gasteiger charge is -2.07. The molecule has 6 heteroatoms. The van der Waals surface area contributed by atoms with E-state index in [0.29, 0.717) is 6.04 Å². The summed E-state index contributed by atoms with van der Waals surface area (Å²) in [4.78, 5) is 4.37. The van der Waals surface area contributed by atoms with Gasteiger partial charge in [-0.2, -0.15) is 5.10 Å². The number of aryl methyl sites for hydroxylation is 3. The first-order valence-electron chi connectivity index (χ1n) is 6.56. The average Bonchev–Trinajstić information content (AvgIpc) is 3.05. The molecular formula is C13H19N5S. The Hall–Kier alpha value is -1.27. The van der Waals surface area contributed by atoms with E-state index in [2.05, 4.69) is 22.3 Å². The van der Waals surface area contributed by atoms with E-state index in [1.165, 1.54) is 23.4 Å². The van der Waals surface area contributed by atoms with Crippen molar-refractivity contribution in [1.82, 2.24) is 24.6 Å². The molecule has 1 N–H and O–H groups in total. The van der Waals surface area contributed by atoms with Crippen LogP contribution in [0.15, 0.2) is 22.6 Å². The summed E-state index contributed by atoms with van der Waals surface area (Å²) >= 11 is 1.68. The standard InChI is InChI=1S/C13H19N5S/c1-9-11(8-15-10-4-5-10)12(18(3)16-9)19-13-14-6-7-17(13)2/h6-7,10,15H,4-5,8H2,1-3H3. The van der Waals surface area contributed by atoms with E-state index in [1.54, 1.807) is 11.8 Å². The van der Waals surface area contributed by atoms with Gasteiger partial charge in [0.25, 0.3) is 0 Å². The number of nitrogens with zero attached hydrogens (tertiary/aromatic N) is 4. The maximum absolute atomic E-state index is 4.54. The Morgan fingerprint density at radius 3 is 2.84 bits per heavy atom. The van der Waals surface area contributed by atoms with Gasteiger partial charge in [-0.05, 0) is 31.5 Å². The summed E-state index contributed by atoms with van der Waals surface area (Å²) in [6.07, 6.45) is 6.41. The van der Waals surface area contributed by atoms with Gasteiger partial charge in [-0.3, -0.25) is 4.68 Å². The van der Waals surface area contributed by atoms with Crippen LogP contribution in [0.25, 0.3) is 0 Å². The summed E-state index contributed by atoms with van der Waals surface area (Å²) in [6.45, 7) is 2.98. The summed E-state index contributed by atoms with van der Waals surface area (Å²) in [6, 6.07) is 0.714. The molecule has 1 saturated carbocycles. The summed E-state index contributed by atoms with van der Waals surface area (Å²) < 4.78 is 3.99. The number of hydrogen-bond donors (Lipinski definition) is 1. The van der Waals surface area contributed by atoms with Gasteiger partial charge in [-0.15, -0.1) is 0 Å². The van der Waals surface area contributed by atoms with Crippen LogP contribution >= 0.6 is 11.8 Å². The summed E-state index contributed by atoms with van der Waals surface area (Å²) in [7, 11) is 4.01. The van der Waals surface area contributed by atoms with Gasteiger partial charge in [-0.25, -0.2) is 4.98 Å². The molecule has 2 aromatic rings. The van der Waals surface area contributed by atoms with Gasteiger partial charge in [-0.1, -0.05) is 0 Å². The van der Waals surface area contributed by atoms with Crippen molar-refractivity contribution in [3.8, 4) is 0 Å². The normalized spacial score (nSPS) is 15.1. The molecule has 2 heterocycles. The number of nitrogens with one attached hydrogen (secondary N) is 1. The molecule has 0 radical (unpaired) electrons. The van der Waals surface area contributed by atoms with Gasteiger partial charge in [0.15, 0.2) is 5.16 Å². The second kappa shape index (κ2) is 5.02. The van der Waals surface area contributed by atoms with Crippen LogP contribution in [0.5, 0.6) is 0 Å². The largest absolute Gasteiger partial charge is 0.329 e. The van der Waals surface area contributed by atoms with Crippen molar-refractivity contribution in [3.63, 3.8) is 0 Å². The Morgan fingerprint density at radius 2 is 2.21 bits per heavy atom. The smallest absolute Gasteiger partial charge is 0.174 e. The molecule has 0 atom stereocenters. The fourth-order valence-corrected chi connectivity index (χ4v) is 3.09. The molecule has 3 rings (SSSR count). The van der Waals surface area contributed by atoms with Crippen LogP contribution in [0.1, 0.15) is 24.1 Å². The number of aromatic nitrogens is 4. The van der Waals surface area contributed by atoms with E-state index in [1.807, 2.05) is 35.7 Å². The van der Waals surface area contributed by atoms with E-state index in [0.717, 1.165) is 17.4 Å². The Balaban J connectivity index is 1.83. The van der Waals surface area contributed by atoms with Crippen LogP contribution in [-0.4, -0.2) is 25.4 Å². The molecule has 0 aliphatic heterocycles. The second-order valence-corrected chi connectivity index (χ2v) is 6.03. The molecule has 0 unspecified atom stereocenters. The Labute approximate surface area is 117 Å². The van der Waals surface area contributed by atoms with E-state index < -0.39 is 0 Å².